The third-order valence-electron chi connectivity index (χ3n) is 4.66. The minimum absolute atomic E-state index is 0.411. The molecule has 1 rings (SSSR count). The summed E-state index contributed by atoms with van der Waals surface area (Å²) < 4.78 is 0. The maximum Gasteiger partial charge on any atom is 0.0112 e. The van der Waals surface area contributed by atoms with Gasteiger partial charge in [-0.2, -0.15) is 0 Å². The minimum Gasteiger partial charge on any atom is -0.316 e. The van der Waals surface area contributed by atoms with Crippen LogP contribution < -0.4 is 5.32 Å². The number of likely N-dealkylation sites (N-methyl/N-ethyl adjacent to an activating group) is 1. The lowest BCUT2D eigenvalue weighted by molar-refractivity contribution is 0.128. The first-order valence-corrected chi connectivity index (χ1v) is 8.88. The van der Waals surface area contributed by atoms with Gasteiger partial charge in [0.15, 0.2) is 0 Å². The van der Waals surface area contributed by atoms with Crippen LogP contribution >= 0.6 is 11.3 Å². The van der Waals surface area contributed by atoms with E-state index >= 15 is 0 Å². The summed E-state index contributed by atoms with van der Waals surface area (Å²) in [6, 6.07) is 5.01. The van der Waals surface area contributed by atoms with Crippen LogP contribution in [0.3, 0.4) is 0 Å². The van der Waals surface area contributed by atoms with Gasteiger partial charge in [0.2, 0.25) is 0 Å². The van der Waals surface area contributed by atoms with E-state index in [4.69, 9.17) is 0 Å². The van der Waals surface area contributed by atoms with Gasteiger partial charge in [-0.1, -0.05) is 26.8 Å². The van der Waals surface area contributed by atoms with Gasteiger partial charge >= 0.3 is 0 Å². The number of nitrogens with one attached hydrogen (secondary N) is 1. The molecule has 0 amide bonds. The Bertz CT molecular complexity index is 344. The Labute approximate surface area is 129 Å². The Morgan fingerprint density at radius 3 is 2.50 bits per heavy atom. The summed E-state index contributed by atoms with van der Waals surface area (Å²) in [4.78, 5) is 4.04. The summed E-state index contributed by atoms with van der Waals surface area (Å²) in [6.07, 6.45) is 3.65. The molecule has 1 unspecified atom stereocenters. The van der Waals surface area contributed by atoms with Crippen LogP contribution in [0, 0.1) is 5.41 Å². The Kier molecular flexibility index (Phi) is 7.78. The van der Waals surface area contributed by atoms with Crippen molar-refractivity contribution in [3.05, 3.63) is 22.4 Å². The van der Waals surface area contributed by atoms with Crippen molar-refractivity contribution < 1.29 is 0 Å². The van der Waals surface area contributed by atoms with Gasteiger partial charge in [-0.25, -0.2) is 0 Å². The van der Waals surface area contributed by atoms with Crippen LogP contribution in [0.1, 0.15) is 45.4 Å². The van der Waals surface area contributed by atoms with Crippen molar-refractivity contribution in [2.24, 2.45) is 5.41 Å². The van der Waals surface area contributed by atoms with Gasteiger partial charge < -0.3 is 10.2 Å². The van der Waals surface area contributed by atoms with Crippen molar-refractivity contribution in [1.29, 1.82) is 0 Å². The second-order valence-corrected chi connectivity index (χ2v) is 7.07. The van der Waals surface area contributed by atoms with Crippen molar-refractivity contribution in [3.8, 4) is 0 Å². The SMILES string of the molecule is CCNCC(CC)(CC)CN(C)C(C)Cc1cccs1. The molecule has 116 valence electrons. The molecule has 1 atom stereocenters. The van der Waals surface area contributed by atoms with E-state index in [0.717, 1.165) is 13.1 Å². The minimum atomic E-state index is 0.411. The fourth-order valence-corrected chi connectivity index (χ4v) is 3.56. The van der Waals surface area contributed by atoms with Gasteiger partial charge in [0.05, 0.1) is 0 Å². The fourth-order valence-electron chi connectivity index (χ4n) is 2.73. The van der Waals surface area contributed by atoms with Gasteiger partial charge in [-0.15, -0.1) is 11.3 Å². The van der Waals surface area contributed by atoms with Crippen LogP contribution in [-0.2, 0) is 6.42 Å². The lowest BCUT2D eigenvalue weighted by Crippen LogP contribution is -2.45. The predicted molar refractivity (Wildman–Crippen MR) is 91.7 cm³/mol. The second-order valence-electron chi connectivity index (χ2n) is 6.04. The molecule has 0 fully saturated rings. The highest BCUT2D eigenvalue weighted by molar-refractivity contribution is 7.09. The lowest BCUT2D eigenvalue weighted by atomic mass is 9.81. The quantitative estimate of drug-likeness (QED) is 0.701. The van der Waals surface area contributed by atoms with E-state index in [1.54, 1.807) is 0 Å². The van der Waals surface area contributed by atoms with Crippen LogP contribution in [0.4, 0.5) is 0 Å². The molecule has 0 radical (unpaired) electrons. The molecule has 0 aromatic carbocycles. The highest BCUT2D eigenvalue weighted by Gasteiger charge is 2.28. The van der Waals surface area contributed by atoms with Gasteiger partial charge in [0.25, 0.3) is 0 Å². The van der Waals surface area contributed by atoms with Crippen LogP contribution in [0.5, 0.6) is 0 Å². The number of hydrogen-bond acceptors (Lipinski definition) is 3. The van der Waals surface area contributed by atoms with Gasteiger partial charge in [-0.05, 0) is 56.6 Å². The summed E-state index contributed by atoms with van der Waals surface area (Å²) in [5.41, 5.74) is 0.411. The van der Waals surface area contributed by atoms with Crippen molar-refractivity contribution in [2.75, 3.05) is 26.7 Å². The molecule has 0 aliphatic carbocycles. The zero-order chi connectivity index (χ0) is 15.0. The number of rotatable bonds is 10. The Hall–Kier alpha value is -0.380. The molecular formula is C17H32N2S. The summed E-state index contributed by atoms with van der Waals surface area (Å²) in [5, 5.41) is 5.73. The predicted octanol–water partition coefficient (Wildman–Crippen LogP) is 4.03. The van der Waals surface area contributed by atoms with Gasteiger partial charge in [0.1, 0.15) is 0 Å². The zero-order valence-electron chi connectivity index (χ0n) is 13.9. The maximum atomic E-state index is 3.56. The van der Waals surface area contributed by atoms with Crippen molar-refractivity contribution >= 4 is 11.3 Å². The standard InChI is InChI=1S/C17H32N2S/c1-6-17(7-2,13-18-8-3)14-19(5)15(4)12-16-10-9-11-20-16/h9-11,15,18H,6-8,12-14H2,1-5H3. The molecule has 0 spiro atoms. The molecule has 0 saturated heterocycles. The van der Waals surface area contributed by atoms with E-state index in [1.807, 2.05) is 11.3 Å². The Morgan fingerprint density at radius 1 is 1.30 bits per heavy atom. The molecule has 0 saturated carbocycles. The van der Waals surface area contributed by atoms with Crippen LogP contribution in [0.15, 0.2) is 17.5 Å². The maximum absolute atomic E-state index is 3.56. The van der Waals surface area contributed by atoms with Crippen molar-refractivity contribution in [3.63, 3.8) is 0 Å². The van der Waals surface area contributed by atoms with E-state index in [-0.39, 0.29) is 0 Å². The first-order chi connectivity index (χ1) is 9.56. The average molecular weight is 297 g/mol. The normalized spacial score (nSPS) is 13.9. The third kappa shape index (κ3) is 5.19. The molecule has 2 nitrogen and oxygen atoms in total. The molecule has 1 heterocycles. The van der Waals surface area contributed by atoms with Crippen LogP contribution in [-0.4, -0.2) is 37.6 Å². The fraction of sp³-hybridized carbons (Fsp3) is 0.765. The highest BCUT2D eigenvalue weighted by atomic mass is 32.1. The van der Waals surface area contributed by atoms with Crippen LogP contribution in [0.2, 0.25) is 0 Å². The van der Waals surface area contributed by atoms with Crippen molar-refractivity contribution in [1.82, 2.24) is 10.2 Å². The topological polar surface area (TPSA) is 15.3 Å². The molecule has 0 aliphatic heterocycles. The number of nitrogens with zero attached hydrogens (tertiary/aromatic N) is 1. The smallest absolute Gasteiger partial charge is 0.0112 e. The van der Waals surface area contributed by atoms with Gasteiger partial charge in [0, 0.05) is 24.0 Å². The van der Waals surface area contributed by atoms with E-state index in [0.29, 0.717) is 11.5 Å². The van der Waals surface area contributed by atoms with Gasteiger partial charge in [-0.3, -0.25) is 0 Å². The Balaban J connectivity index is 2.57. The molecule has 3 heteroatoms. The van der Waals surface area contributed by atoms with Crippen LogP contribution in [0.25, 0.3) is 0 Å². The molecular weight excluding hydrogens is 264 g/mol. The summed E-state index contributed by atoms with van der Waals surface area (Å²) >= 11 is 1.87. The summed E-state index contributed by atoms with van der Waals surface area (Å²) in [7, 11) is 2.28. The average Bonchev–Trinajstić information content (AvgIpc) is 2.96. The molecule has 1 N–H and O–H groups in total. The first-order valence-electron chi connectivity index (χ1n) is 8.00. The van der Waals surface area contributed by atoms with E-state index in [2.05, 4.69) is 62.5 Å². The molecule has 20 heavy (non-hydrogen) atoms. The third-order valence-corrected chi connectivity index (χ3v) is 5.56. The van der Waals surface area contributed by atoms with Crippen molar-refractivity contribution in [2.45, 2.75) is 53.0 Å². The Morgan fingerprint density at radius 2 is 2.00 bits per heavy atom. The lowest BCUT2D eigenvalue weighted by Gasteiger charge is -2.38. The summed E-state index contributed by atoms with van der Waals surface area (Å²) in [5.74, 6) is 0. The molecule has 0 aliphatic rings. The monoisotopic (exact) mass is 296 g/mol. The largest absolute Gasteiger partial charge is 0.316 e. The zero-order valence-corrected chi connectivity index (χ0v) is 14.7. The molecule has 0 bridgehead atoms. The highest BCUT2D eigenvalue weighted by Crippen LogP contribution is 2.27. The summed E-state index contributed by atoms with van der Waals surface area (Å²) in [6.45, 7) is 12.6. The van der Waals surface area contributed by atoms with E-state index in [1.165, 1.54) is 30.7 Å². The first kappa shape index (κ1) is 17.7. The van der Waals surface area contributed by atoms with E-state index in [9.17, 15) is 0 Å². The number of hydrogen-bond donors (Lipinski definition) is 1. The molecule has 1 aromatic heterocycles. The number of thiophene rings is 1. The second kappa shape index (κ2) is 8.81. The molecule has 1 aromatic rings. The van der Waals surface area contributed by atoms with E-state index < -0.39 is 0 Å².